The number of rotatable bonds is 5. The molecule has 2 N–H and O–H groups in total. The van der Waals surface area contributed by atoms with Crippen molar-refractivity contribution in [3.8, 4) is 0 Å². The lowest BCUT2D eigenvalue weighted by Gasteiger charge is -2.22. The zero-order valence-electron chi connectivity index (χ0n) is 9.95. The summed E-state index contributed by atoms with van der Waals surface area (Å²) in [5.41, 5.74) is 0.723. The van der Waals surface area contributed by atoms with Crippen LogP contribution in [0, 0.1) is 0 Å². The quantitative estimate of drug-likeness (QED) is 0.791. The maximum atomic E-state index is 10.2. The Balaban J connectivity index is 1.79. The lowest BCUT2D eigenvalue weighted by molar-refractivity contribution is 0.0473. The van der Waals surface area contributed by atoms with Crippen LogP contribution in [0.1, 0.15) is 38.3 Å². The van der Waals surface area contributed by atoms with Gasteiger partial charge >= 0.3 is 0 Å². The van der Waals surface area contributed by atoms with Crippen LogP contribution in [0.5, 0.6) is 0 Å². The fraction of sp³-hybridized carbons (Fsp3) is 0.750. The summed E-state index contributed by atoms with van der Waals surface area (Å²) >= 11 is 0. The lowest BCUT2D eigenvalue weighted by Crippen LogP contribution is -2.37. The molecular weight excluding hydrogens is 202 g/mol. The van der Waals surface area contributed by atoms with Gasteiger partial charge in [-0.1, -0.05) is 12.8 Å². The minimum atomic E-state index is -0.461. The fourth-order valence-electron chi connectivity index (χ4n) is 2.43. The predicted octanol–water partition coefficient (Wildman–Crippen LogP) is 1.30. The maximum Gasteiger partial charge on any atom is 0.0771 e. The summed E-state index contributed by atoms with van der Waals surface area (Å²) in [6.45, 7) is 4.47. The summed E-state index contributed by atoms with van der Waals surface area (Å²) in [6, 6.07) is 2.02. The monoisotopic (exact) mass is 223 g/mol. The van der Waals surface area contributed by atoms with Gasteiger partial charge in [-0.05, 0) is 25.8 Å². The van der Waals surface area contributed by atoms with E-state index < -0.39 is 5.60 Å². The van der Waals surface area contributed by atoms with Crippen molar-refractivity contribution < 1.29 is 5.11 Å². The average molecular weight is 223 g/mol. The lowest BCUT2D eigenvalue weighted by atomic mass is 10.0. The number of nitrogens with zero attached hydrogens (tertiary/aromatic N) is 2. The molecule has 1 aromatic rings. The third-order valence-corrected chi connectivity index (χ3v) is 3.40. The van der Waals surface area contributed by atoms with Crippen molar-refractivity contribution in [3.63, 3.8) is 0 Å². The van der Waals surface area contributed by atoms with Gasteiger partial charge in [0.15, 0.2) is 0 Å². The van der Waals surface area contributed by atoms with E-state index in [0.717, 1.165) is 38.8 Å². The number of hydrogen-bond acceptors (Lipinski definition) is 3. The van der Waals surface area contributed by atoms with E-state index in [1.165, 1.54) is 5.69 Å². The van der Waals surface area contributed by atoms with Crippen LogP contribution in [-0.4, -0.2) is 27.0 Å². The summed E-state index contributed by atoms with van der Waals surface area (Å²) < 4.78 is 1.98. The third kappa shape index (κ3) is 2.62. The molecule has 0 aromatic carbocycles. The molecule has 0 amide bonds. The van der Waals surface area contributed by atoms with Crippen LogP contribution in [0.4, 0.5) is 0 Å². The molecule has 1 heterocycles. The maximum absolute atomic E-state index is 10.2. The SMILES string of the molecule is CCn1nccc1CNCC1(O)CCCC1. The first-order valence-corrected chi connectivity index (χ1v) is 6.17. The van der Waals surface area contributed by atoms with Crippen molar-refractivity contribution >= 4 is 0 Å². The number of hydrogen-bond donors (Lipinski definition) is 2. The highest BCUT2D eigenvalue weighted by Gasteiger charge is 2.30. The second-order valence-electron chi connectivity index (χ2n) is 4.67. The highest BCUT2D eigenvalue weighted by Crippen LogP contribution is 2.28. The van der Waals surface area contributed by atoms with Crippen LogP contribution < -0.4 is 5.32 Å². The summed E-state index contributed by atoms with van der Waals surface area (Å²) in [7, 11) is 0. The van der Waals surface area contributed by atoms with E-state index in [2.05, 4.69) is 17.3 Å². The van der Waals surface area contributed by atoms with E-state index in [1.807, 2.05) is 16.9 Å². The Bertz CT molecular complexity index is 329. The van der Waals surface area contributed by atoms with Crippen molar-refractivity contribution in [2.24, 2.45) is 0 Å². The van der Waals surface area contributed by atoms with E-state index in [0.29, 0.717) is 6.54 Å². The minimum Gasteiger partial charge on any atom is -0.389 e. The first kappa shape index (κ1) is 11.6. The van der Waals surface area contributed by atoms with Gasteiger partial charge in [-0.25, -0.2) is 0 Å². The number of aliphatic hydroxyl groups is 1. The van der Waals surface area contributed by atoms with Gasteiger partial charge in [0.05, 0.1) is 11.3 Å². The summed E-state index contributed by atoms with van der Waals surface area (Å²) in [5, 5.41) is 17.7. The smallest absolute Gasteiger partial charge is 0.0771 e. The summed E-state index contributed by atoms with van der Waals surface area (Å²) in [4.78, 5) is 0. The van der Waals surface area contributed by atoms with Crippen molar-refractivity contribution in [3.05, 3.63) is 18.0 Å². The predicted molar refractivity (Wildman–Crippen MR) is 63.0 cm³/mol. The Hall–Kier alpha value is -0.870. The van der Waals surface area contributed by atoms with Gasteiger partial charge in [0.2, 0.25) is 0 Å². The van der Waals surface area contributed by atoms with Crippen molar-refractivity contribution in [2.75, 3.05) is 6.54 Å². The van der Waals surface area contributed by atoms with E-state index >= 15 is 0 Å². The molecule has 1 aromatic heterocycles. The Morgan fingerprint density at radius 1 is 1.50 bits per heavy atom. The molecule has 0 bridgehead atoms. The van der Waals surface area contributed by atoms with Gasteiger partial charge < -0.3 is 10.4 Å². The molecule has 1 aliphatic rings. The Labute approximate surface area is 96.7 Å². The van der Waals surface area contributed by atoms with Crippen LogP contribution in [-0.2, 0) is 13.1 Å². The zero-order chi connectivity index (χ0) is 11.4. The molecule has 0 atom stereocenters. The van der Waals surface area contributed by atoms with Gasteiger partial charge in [0.1, 0.15) is 0 Å². The summed E-state index contributed by atoms with van der Waals surface area (Å²) in [6.07, 6.45) is 6.01. The van der Waals surface area contributed by atoms with Crippen molar-refractivity contribution in [1.29, 1.82) is 0 Å². The first-order chi connectivity index (χ1) is 7.73. The molecule has 16 heavy (non-hydrogen) atoms. The molecule has 0 aliphatic heterocycles. The normalized spacial score (nSPS) is 19.1. The molecule has 0 spiro atoms. The Morgan fingerprint density at radius 3 is 2.94 bits per heavy atom. The number of aryl methyl sites for hydroxylation is 1. The zero-order valence-corrected chi connectivity index (χ0v) is 9.95. The molecule has 0 unspecified atom stereocenters. The largest absolute Gasteiger partial charge is 0.389 e. The molecule has 1 aliphatic carbocycles. The Morgan fingerprint density at radius 2 is 2.25 bits per heavy atom. The minimum absolute atomic E-state index is 0.461. The molecule has 4 heteroatoms. The molecule has 1 saturated carbocycles. The first-order valence-electron chi connectivity index (χ1n) is 6.17. The van der Waals surface area contributed by atoms with Crippen molar-refractivity contribution in [2.45, 2.75) is 51.3 Å². The number of aromatic nitrogens is 2. The van der Waals surface area contributed by atoms with Crippen LogP contribution in [0.15, 0.2) is 12.3 Å². The van der Waals surface area contributed by atoms with Gasteiger partial charge in [0.25, 0.3) is 0 Å². The van der Waals surface area contributed by atoms with Crippen molar-refractivity contribution in [1.82, 2.24) is 15.1 Å². The van der Waals surface area contributed by atoms with Gasteiger partial charge in [-0.3, -0.25) is 4.68 Å². The standard InChI is InChI=1S/C12H21N3O/c1-2-15-11(5-8-14-15)9-13-10-12(16)6-3-4-7-12/h5,8,13,16H,2-4,6-7,9-10H2,1H3. The second kappa shape index (κ2) is 4.97. The second-order valence-corrected chi connectivity index (χ2v) is 4.67. The third-order valence-electron chi connectivity index (χ3n) is 3.40. The topological polar surface area (TPSA) is 50.1 Å². The molecular formula is C12H21N3O. The highest BCUT2D eigenvalue weighted by molar-refractivity contribution is 5.00. The Kier molecular flexibility index (Phi) is 3.61. The molecule has 1 fully saturated rings. The molecule has 0 radical (unpaired) electrons. The fourth-order valence-corrected chi connectivity index (χ4v) is 2.43. The molecule has 4 nitrogen and oxygen atoms in total. The van der Waals surface area contributed by atoms with Crippen LogP contribution in [0.25, 0.3) is 0 Å². The molecule has 2 rings (SSSR count). The van der Waals surface area contributed by atoms with Gasteiger partial charge in [-0.15, -0.1) is 0 Å². The van der Waals surface area contributed by atoms with E-state index in [1.54, 1.807) is 0 Å². The molecule has 0 saturated heterocycles. The molecule has 90 valence electrons. The van der Waals surface area contributed by atoms with Gasteiger partial charge in [-0.2, -0.15) is 5.10 Å². The van der Waals surface area contributed by atoms with Crippen LogP contribution >= 0.6 is 0 Å². The summed E-state index contributed by atoms with van der Waals surface area (Å²) in [5.74, 6) is 0. The van der Waals surface area contributed by atoms with E-state index in [-0.39, 0.29) is 0 Å². The number of nitrogens with one attached hydrogen (secondary N) is 1. The highest BCUT2D eigenvalue weighted by atomic mass is 16.3. The van der Waals surface area contributed by atoms with E-state index in [4.69, 9.17) is 0 Å². The van der Waals surface area contributed by atoms with Gasteiger partial charge in [0, 0.05) is 25.8 Å². The van der Waals surface area contributed by atoms with E-state index in [9.17, 15) is 5.11 Å². The average Bonchev–Trinajstić information content (AvgIpc) is 2.88. The van der Waals surface area contributed by atoms with Crippen LogP contribution in [0.2, 0.25) is 0 Å². The van der Waals surface area contributed by atoms with Crippen LogP contribution in [0.3, 0.4) is 0 Å².